The average molecular weight is 343 g/mol. The van der Waals surface area contributed by atoms with Gasteiger partial charge in [-0.3, -0.25) is 15.0 Å². The molecule has 23 heavy (non-hydrogen) atoms. The number of hydrogen-bond donors (Lipinski definition) is 2. The first-order valence-electron chi connectivity index (χ1n) is 7.83. The summed E-state index contributed by atoms with van der Waals surface area (Å²) in [5.74, 6) is -3.01. The number of likely N-dealkylation sites (tertiary alicyclic amines) is 1. The molecule has 2 N–H and O–H groups in total. The van der Waals surface area contributed by atoms with Gasteiger partial charge in [0.2, 0.25) is 5.91 Å². The van der Waals surface area contributed by atoms with Crippen LogP contribution in [-0.4, -0.2) is 61.7 Å². The van der Waals surface area contributed by atoms with E-state index in [9.17, 15) is 26.7 Å². The molecule has 2 fully saturated rings. The van der Waals surface area contributed by atoms with Crippen LogP contribution in [0.5, 0.6) is 0 Å². The van der Waals surface area contributed by atoms with Gasteiger partial charge < -0.3 is 5.32 Å². The van der Waals surface area contributed by atoms with Crippen LogP contribution in [0.2, 0.25) is 0 Å². The summed E-state index contributed by atoms with van der Waals surface area (Å²) < 4.78 is 62.8. The zero-order valence-corrected chi connectivity index (χ0v) is 12.8. The average Bonchev–Trinajstić information content (AvgIpc) is 2.79. The standard InChI is InChI=1S/C14H22F5N3O/c15-13(16)7-11(21-8-13)12(23)20-4-1-10-2-5-22(6-3-10)9-14(17,18)19/h10-11,21H,1-9H2,(H,20,23). The van der Waals surface area contributed by atoms with Crippen molar-refractivity contribution in [3.05, 3.63) is 0 Å². The van der Waals surface area contributed by atoms with Crippen molar-refractivity contribution in [2.75, 3.05) is 32.7 Å². The summed E-state index contributed by atoms with van der Waals surface area (Å²) in [5.41, 5.74) is 0. The van der Waals surface area contributed by atoms with E-state index in [4.69, 9.17) is 0 Å². The Hall–Kier alpha value is -0.960. The summed E-state index contributed by atoms with van der Waals surface area (Å²) in [7, 11) is 0. The minimum Gasteiger partial charge on any atom is -0.355 e. The van der Waals surface area contributed by atoms with Gasteiger partial charge in [-0.1, -0.05) is 0 Å². The molecule has 1 unspecified atom stereocenters. The topological polar surface area (TPSA) is 44.4 Å². The van der Waals surface area contributed by atoms with Crippen molar-refractivity contribution in [2.45, 2.75) is 43.8 Å². The predicted octanol–water partition coefficient (Wildman–Crippen LogP) is 1.76. The Kier molecular flexibility index (Phi) is 5.83. The lowest BCUT2D eigenvalue weighted by atomic mass is 9.93. The van der Waals surface area contributed by atoms with Gasteiger partial charge in [0, 0.05) is 13.0 Å². The summed E-state index contributed by atoms with van der Waals surface area (Å²) in [6, 6.07) is -0.862. The molecule has 2 aliphatic rings. The van der Waals surface area contributed by atoms with Gasteiger partial charge in [0.25, 0.3) is 5.92 Å². The van der Waals surface area contributed by atoms with Crippen LogP contribution in [0.1, 0.15) is 25.7 Å². The Labute approximate surface area is 131 Å². The molecule has 0 bridgehead atoms. The quantitative estimate of drug-likeness (QED) is 0.748. The van der Waals surface area contributed by atoms with E-state index in [2.05, 4.69) is 10.6 Å². The van der Waals surface area contributed by atoms with Gasteiger partial charge in [-0.25, -0.2) is 8.78 Å². The molecule has 0 aromatic carbocycles. The molecular weight excluding hydrogens is 321 g/mol. The first kappa shape index (κ1) is 18.4. The normalized spacial score (nSPS) is 26.4. The summed E-state index contributed by atoms with van der Waals surface area (Å²) in [6.45, 7) is -0.198. The Morgan fingerprint density at radius 3 is 2.43 bits per heavy atom. The SMILES string of the molecule is O=C(NCCC1CCN(CC(F)(F)F)CC1)C1CC(F)(F)CN1. The van der Waals surface area contributed by atoms with E-state index in [1.54, 1.807) is 0 Å². The highest BCUT2D eigenvalue weighted by Gasteiger charge is 2.42. The highest BCUT2D eigenvalue weighted by atomic mass is 19.4. The lowest BCUT2D eigenvalue weighted by Crippen LogP contribution is -2.42. The fraction of sp³-hybridized carbons (Fsp3) is 0.929. The molecule has 2 saturated heterocycles. The van der Waals surface area contributed by atoms with Gasteiger partial charge in [-0.15, -0.1) is 0 Å². The highest BCUT2D eigenvalue weighted by molar-refractivity contribution is 5.82. The van der Waals surface area contributed by atoms with E-state index in [1.165, 1.54) is 4.90 Å². The van der Waals surface area contributed by atoms with Crippen molar-refractivity contribution in [1.82, 2.24) is 15.5 Å². The van der Waals surface area contributed by atoms with Crippen molar-refractivity contribution in [2.24, 2.45) is 5.92 Å². The Bertz CT molecular complexity index is 408. The minimum absolute atomic E-state index is 0.262. The van der Waals surface area contributed by atoms with Crippen LogP contribution in [0.4, 0.5) is 22.0 Å². The number of nitrogens with one attached hydrogen (secondary N) is 2. The fourth-order valence-corrected chi connectivity index (χ4v) is 3.11. The Morgan fingerprint density at radius 2 is 1.91 bits per heavy atom. The van der Waals surface area contributed by atoms with Gasteiger partial charge >= 0.3 is 6.18 Å². The van der Waals surface area contributed by atoms with Crippen LogP contribution in [-0.2, 0) is 4.79 Å². The number of carbonyl (C=O) groups is 1. The maximum absolute atomic E-state index is 13.0. The minimum atomic E-state index is -4.17. The molecule has 2 rings (SSSR count). The van der Waals surface area contributed by atoms with E-state index in [-0.39, 0.29) is 5.92 Å². The molecule has 4 nitrogen and oxygen atoms in total. The molecule has 134 valence electrons. The van der Waals surface area contributed by atoms with Crippen molar-refractivity contribution in [3.8, 4) is 0 Å². The number of alkyl halides is 5. The molecule has 0 saturated carbocycles. The van der Waals surface area contributed by atoms with Crippen LogP contribution in [0.3, 0.4) is 0 Å². The first-order valence-corrected chi connectivity index (χ1v) is 7.83. The lowest BCUT2D eigenvalue weighted by Gasteiger charge is -2.32. The highest BCUT2D eigenvalue weighted by Crippen LogP contribution is 2.26. The third-order valence-electron chi connectivity index (χ3n) is 4.39. The van der Waals surface area contributed by atoms with Gasteiger partial charge in [0.05, 0.1) is 19.1 Å². The molecule has 0 radical (unpaired) electrons. The van der Waals surface area contributed by atoms with E-state index in [1.807, 2.05) is 0 Å². The fourth-order valence-electron chi connectivity index (χ4n) is 3.11. The molecule has 1 amide bonds. The van der Waals surface area contributed by atoms with Crippen molar-refractivity contribution < 1.29 is 26.7 Å². The summed E-state index contributed by atoms with van der Waals surface area (Å²) in [5, 5.41) is 5.12. The van der Waals surface area contributed by atoms with E-state index >= 15 is 0 Å². The van der Waals surface area contributed by atoms with E-state index in [0.717, 1.165) is 0 Å². The Morgan fingerprint density at radius 1 is 1.26 bits per heavy atom. The number of nitrogens with zero attached hydrogens (tertiary/aromatic N) is 1. The molecule has 2 aliphatic heterocycles. The van der Waals surface area contributed by atoms with Crippen molar-refractivity contribution in [3.63, 3.8) is 0 Å². The summed E-state index contributed by atoms with van der Waals surface area (Å²) in [6.07, 6.45) is -2.68. The number of carbonyl (C=O) groups excluding carboxylic acids is 1. The number of halogens is 5. The number of piperidine rings is 1. The second-order valence-corrected chi connectivity index (χ2v) is 6.41. The lowest BCUT2D eigenvalue weighted by molar-refractivity contribution is -0.148. The number of hydrogen-bond acceptors (Lipinski definition) is 3. The Balaban J connectivity index is 1.60. The van der Waals surface area contributed by atoms with Gasteiger partial charge in [-0.2, -0.15) is 13.2 Å². The summed E-state index contributed by atoms with van der Waals surface area (Å²) >= 11 is 0. The molecule has 0 aromatic rings. The molecule has 0 spiro atoms. The third kappa shape index (κ3) is 6.21. The monoisotopic (exact) mass is 343 g/mol. The number of amides is 1. The van der Waals surface area contributed by atoms with Gasteiger partial charge in [0.15, 0.2) is 0 Å². The van der Waals surface area contributed by atoms with Crippen LogP contribution in [0, 0.1) is 5.92 Å². The van der Waals surface area contributed by atoms with Crippen LogP contribution >= 0.6 is 0 Å². The molecule has 2 heterocycles. The van der Waals surface area contributed by atoms with Crippen LogP contribution < -0.4 is 10.6 Å². The molecular formula is C14H22F5N3O. The zero-order chi connectivity index (χ0) is 17.1. The smallest absolute Gasteiger partial charge is 0.355 e. The van der Waals surface area contributed by atoms with Crippen molar-refractivity contribution in [1.29, 1.82) is 0 Å². The van der Waals surface area contributed by atoms with Gasteiger partial charge in [0.1, 0.15) is 0 Å². The molecule has 0 aromatic heterocycles. The predicted molar refractivity (Wildman–Crippen MR) is 74.2 cm³/mol. The van der Waals surface area contributed by atoms with E-state index < -0.39 is 43.6 Å². The van der Waals surface area contributed by atoms with E-state index in [0.29, 0.717) is 38.9 Å². The molecule has 9 heteroatoms. The van der Waals surface area contributed by atoms with Crippen molar-refractivity contribution >= 4 is 5.91 Å². The largest absolute Gasteiger partial charge is 0.401 e. The summed E-state index contributed by atoms with van der Waals surface area (Å²) in [4.78, 5) is 13.1. The third-order valence-corrected chi connectivity index (χ3v) is 4.39. The maximum atomic E-state index is 13.0. The second-order valence-electron chi connectivity index (χ2n) is 6.41. The molecule has 0 aliphatic carbocycles. The first-order chi connectivity index (χ1) is 10.6. The van der Waals surface area contributed by atoms with Crippen LogP contribution in [0.25, 0.3) is 0 Å². The number of rotatable bonds is 5. The maximum Gasteiger partial charge on any atom is 0.401 e. The second kappa shape index (κ2) is 7.29. The molecule has 1 atom stereocenters. The zero-order valence-electron chi connectivity index (χ0n) is 12.8. The van der Waals surface area contributed by atoms with Gasteiger partial charge in [-0.05, 0) is 38.3 Å². The van der Waals surface area contributed by atoms with Crippen LogP contribution in [0.15, 0.2) is 0 Å².